The lowest BCUT2D eigenvalue weighted by Crippen LogP contribution is -1.81. The molecule has 1 heterocycles. The van der Waals surface area contributed by atoms with E-state index < -0.39 is 0 Å². The fourth-order valence-corrected chi connectivity index (χ4v) is 1.55. The van der Waals surface area contributed by atoms with E-state index in [9.17, 15) is 0 Å². The molecule has 1 saturated carbocycles. The molecule has 0 saturated heterocycles. The van der Waals surface area contributed by atoms with Crippen molar-refractivity contribution in [1.29, 1.82) is 0 Å². The topological polar surface area (TPSA) is 61.8 Å². The first-order valence-electron chi connectivity index (χ1n) is 5.04. The summed E-state index contributed by atoms with van der Waals surface area (Å²) in [5.41, 5.74) is 0.927. The molecule has 15 heavy (non-hydrogen) atoms. The van der Waals surface area contributed by atoms with E-state index in [0.717, 1.165) is 11.4 Å². The van der Waals surface area contributed by atoms with Crippen molar-refractivity contribution < 1.29 is 5.11 Å². The van der Waals surface area contributed by atoms with Gasteiger partial charge in [0.15, 0.2) is 5.82 Å². The molecule has 76 valence electrons. The maximum absolute atomic E-state index is 9.16. The second kappa shape index (κ2) is 3.08. The van der Waals surface area contributed by atoms with Gasteiger partial charge in [0.05, 0.1) is 0 Å². The van der Waals surface area contributed by atoms with Crippen LogP contribution in [0.4, 0.5) is 0 Å². The average molecular weight is 201 g/mol. The molecule has 2 N–H and O–H groups in total. The number of benzene rings is 1. The zero-order valence-corrected chi connectivity index (χ0v) is 8.14. The molecule has 1 aliphatic rings. The molecular formula is C11H11N3O. The summed E-state index contributed by atoms with van der Waals surface area (Å²) in [5.74, 6) is 2.54. The van der Waals surface area contributed by atoms with Crippen LogP contribution in [0.5, 0.6) is 5.75 Å². The van der Waals surface area contributed by atoms with Gasteiger partial charge in [-0.05, 0) is 37.1 Å². The maximum Gasteiger partial charge on any atom is 0.181 e. The number of phenols is 1. The second-order valence-corrected chi connectivity index (χ2v) is 3.87. The first kappa shape index (κ1) is 8.47. The highest BCUT2D eigenvalue weighted by molar-refractivity contribution is 5.55. The van der Waals surface area contributed by atoms with E-state index >= 15 is 0 Å². The van der Waals surface area contributed by atoms with E-state index in [1.165, 1.54) is 12.8 Å². The molecule has 0 atom stereocenters. The van der Waals surface area contributed by atoms with Gasteiger partial charge >= 0.3 is 0 Å². The number of phenolic OH excluding ortho intramolecular Hbond substituents is 1. The minimum Gasteiger partial charge on any atom is -0.508 e. The van der Waals surface area contributed by atoms with Gasteiger partial charge in [-0.2, -0.15) is 5.10 Å². The van der Waals surface area contributed by atoms with Crippen molar-refractivity contribution in [3.63, 3.8) is 0 Å². The molecule has 0 radical (unpaired) electrons. The Morgan fingerprint density at radius 3 is 2.60 bits per heavy atom. The summed E-state index contributed by atoms with van der Waals surface area (Å²) in [7, 11) is 0. The first-order chi connectivity index (χ1) is 7.33. The third kappa shape index (κ3) is 1.58. The van der Waals surface area contributed by atoms with E-state index in [0.29, 0.717) is 11.7 Å². The monoisotopic (exact) mass is 201 g/mol. The SMILES string of the molecule is Oc1ccc(-c2n[nH]c(C3CC3)n2)cc1. The lowest BCUT2D eigenvalue weighted by molar-refractivity contribution is 0.475. The third-order valence-electron chi connectivity index (χ3n) is 2.59. The Hall–Kier alpha value is -1.84. The quantitative estimate of drug-likeness (QED) is 0.781. The number of aromatic amines is 1. The predicted octanol–water partition coefficient (Wildman–Crippen LogP) is 2.05. The van der Waals surface area contributed by atoms with E-state index in [1.54, 1.807) is 12.1 Å². The molecule has 4 heteroatoms. The number of aromatic hydroxyl groups is 1. The van der Waals surface area contributed by atoms with Gasteiger partial charge in [0, 0.05) is 11.5 Å². The van der Waals surface area contributed by atoms with Crippen LogP contribution in [0, 0.1) is 0 Å². The van der Waals surface area contributed by atoms with Crippen LogP contribution in [0.25, 0.3) is 11.4 Å². The van der Waals surface area contributed by atoms with Gasteiger partial charge in [-0.3, -0.25) is 5.10 Å². The zero-order valence-electron chi connectivity index (χ0n) is 8.14. The van der Waals surface area contributed by atoms with Crippen molar-refractivity contribution in [2.45, 2.75) is 18.8 Å². The number of aromatic nitrogens is 3. The lowest BCUT2D eigenvalue weighted by atomic mass is 10.2. The smallest absolute Gasteiger partial charge is 0.181 e. The van der Waals surface area contributed by atoms with Crippen LogP contribution < -0.4 is 0 Å². The highest BCUT2D eigenvalue weighted by Crippen LogP contribution is 2.38. The van der Waals surface area contributed by atoms with Crippen molar-refractivity contribution in [3.05, 3.63) is 30.1 Å². The number of nitrogens with one attached hydrogen (secondary N) is 1. The standard InChI is InChI=1S/C11H11N3O/c15-9-5-3-8(4-6-9)11-12-10(13-14-11)7-1-2-7/h3-7,15H,1-2H2,(H,12,13,14). The van der Waals surface area contributed by atoms with Crippen molar-refractivity contribution in [2.24, 2.45) is 0 Å². The number of hydrogen-bond donors (Lipinski definition) is 2. The van der Waals surface area contributed by atoms with Crippen molar-refractivity contribution in [1.82, 2.24) is 15.2 Å². The summed E-state index contributed by atoms with van der Waals surface area (Å²) in [6, 6.07) is 6.91. The Morgan fingerprint density at radius 2 is 1.93 bits per heavy atom. The zero-order chi connectivity index (χ0) is 10.3. The Labute approximate surface area is 87.0 Å². The molecule has 0 aliphatic heterocycles. The van der Waals surface area contributed by atoms with Crippen molar-refractivity contribution in [2.75, 3.05) is 0 Å². The molecule has 2 aromatic rings. The fourth-order valence-electron chi connectivity index (χ4n) is 1.55. The van der Waals surface area contributed by atoms with Gasteiger partial charge in [0.25, 0.3) is 0 Å². The van der Waals surface area contributed by atoms with Crippen molar-refractivity contribution in [3.8, 4) is 17.1 Å². The molecule has 0 unspecified atom stereocenters. The molecule has 1 aromatic heterocycles. The minimum absolute atomic E-state index is 0.261. The number of H-pyrrole nitrogens is 1. The molecule has 1 fully saturated rings. The average Bonchev–Trinajstić information content (AvgIpc) is 2.99. The molecule has 0 amide bonds. The molecule has 1 aromatic carbocycles. The van der Waals surface area contributed by atoms with Crippen LogP contribution in [0.3, 0.4) is 0 Å². The second-order valence-electron chi connectivity index (χ2n) is 3.87. The molecule has 0 bridgehead atoms. The number of rotatable bonds is 2. The summed E-state index contributed by atoms with van der Waals surface area (Å²) in [6.45, 7) is 0. The van der Waals surface area contributed by atoms with E-state index in [-0.39, 0.29) is 5.75 Å². The summed E-state index contributed by atoms with van der Waals surface area (Å²) >= 11 is 0. The molecule has 4 nitrogen and oxygen atoms in total. The molecule has 3 rings (SSSR count). The fraction of sp³-hybridized carbons (Fsp3) is 0.273. The summed E-state index contributed by atoms with van der Waals surface area (Å²) in [5, 5.41) is 16.3. The maximum atomic E-state index is 9.16. The van der Waals surface area contributed by atoms with Crippen LogP contribution in [0.2, 0.25) is 0 Å². The highest BCUT2D eigenvalue weighted by atomic mass is 16.3. The Morgan fingerprint density at radius 1 is 1.20 bits per heavy atom. The van der Waals surface area contributed by atoms with Gasteiger partial charge in [-0.15, -0.1) is 0 Å². The van der Waals surface area contributed by atoms with Crippen molar-refractivity contribution >= 4 is 0 Å². The van der Waals surface area contributed by atoms with Gasteiger partial charge < -0.3 is 5.11 Å². The largest absolute Gasteiger partial charge is 0.508 e. The molecular weight excluding hydrogens is 190 g/mol. The Bertz CT molecular complexity index is 471. The molecule has 0 spiro atoms. The Balaban J connectivity index is 1.93. The van der Waals surface area contributed by atoms with E-state index in [4.69, 9.17) is 5.11 Å². The number of hydrogen-bond acceptors (Lipinski definition) is 3. The van der Waals surface area contributed by atoms with Gasteiger partial charge in [-0.25, -0.2) is 4.98 Å². The van der Waals surface area contributed by atoms with Crippen LogP contribution in [-0.4, -0.2) is 20.3 Å². The van der Waals surface area contributed by atoms with E-state index in [2.05, 4.69) is 15.2 Å². The Kier molecular flexibility index (Phi) is 1.74. The van der Waals surface area contributed by atoms with Gasteiger partial charge in [0.1, 0.15) is 11.6 Å². The summed E-state index contributed by atoms with van der Waals surface area (Å²) < 4.78 is 0. The lowest BCUT2D eigenvalue weighted by Gasteiger charge is -1.94. The predicted molar refractivity (Wildman–Crippen MR) is 55.5 cm³/mol. The number of nitrogens with zero attached hydrogens (tertiary/aromatic N) is 2. The van der Waals surface area contributed by atoms with Crippen LogP contribution >= 0.6 is 0 Å². The summed E-state index contributed by atoms with van der Waals surface area (Å²) in [6.07, 6.45) is 2.43. The van der Waals surface area contributed by atoms with E-state index in [1.807, 2.05) is 12.1 Å². The van der Waals surface area contributed by atoms with Crippen LogP contribution in [0.15, 0.2) is 24.3 Å². The molecule has 1 aliphatic carbocycles. The van der Waals surface area contributed by atoms with Crippen LogP contribution in [0.1, 0.15) is 24.6 Å². The summed E-state index contributed by atoms with van der Waals surface area (Å²) in [4.78, 5) is 4.42. The van der Waals surface area contributed by atoms with Gasteiger partial charge in [0.2, 0.25) is 0 Å². The minimum atomic E-state index is 0.261. The normalized spacial score (nSPS) is 15.5. The first-order valence-corrected chi connectivity index (χ1v) is 5.04. The van der Waals surface area contributed by atoms with Gasteiger partial charge in [-0.1, -0.05) is 0 Å². The van der Waals surface area contributed by atoms with Crippen LogP contribution in [-0.2, 0) is 0 Å². The highest BCUT2D eigenvalue weighted by Gasteiger charge is 2.27. The third-order valence-corrected chi connectivity index (χ3v) is 2.59.